The highest BCUT2D eigenvalue weighted by Gasteiger charge is 2.20. The molecule has 0 aliphatic carbocycles. The number of aliphatic hydroxyl groups excluding tert-OH is 1. The van der Waals surface area contributed by atoms with Gasteiger partial charge in [-0.1, -0.05) is 0 Å². The quantitative estimate of drug-likeness (QED) is 0.757. The lowest BCUT2D eigenvalue weighted by Gasteiger charge is -2.21. The summed E-state index contributed by atoms with van der Waals surface area (Å²) in [5, 5.41) is 13.2. The van der Waals surface area contributed by atoms with Crippen LogP contribution in [0.3, 0.4) is 0 Å². The van der Waals surface area contributed by atoms with Crippen LogP contribution in [0.4, 0.5) is 0 Å². The summed E-state index contributed by atoms with van der Waals surface area (Å²) in [4.78, 5) is 5.44. The molecule has 78 valence electrons. The Bertz CT molecular complexity index is 308. The number of rotatable bonds is 2. The van der Waals surface area contributed by atoms with Gasteiger partial charge in [-0.3, -0.25) is 0 Å². The zero-order valence-electron chi connectivity index (χ0n) is 8.12. The van der Waals surface area contributed by atoms with Crippen LogP contribution in [0.15, 0.2) is 0 Å². The zero-order chi connectivity index (χ0) is 9.97. The van der Waals surface area contributed by atoms with Crippen molar-refractivity contribution in [2.45, 2.75) is 19.6 Å². The number of aryl methyl sites for hydroxylation is 1. The van der Waals surface area contributed by atoms with Crippen molar-refractivity contribution in [2.75, 3.05) is 19.7 Å². The second-order valence-corrected chi connectivity index (χ2v) is 4.51. The van der Waals surface area contributed by atoms with Gasteiger partial charge in [0.15, 0.2) is 0 Å². The van der Waals surface area contributed by atoms with Gasteiger partial charge in [-0.2, -0.15) is 0 Å². The van der Waals surface area contributed by atoms with Crippen LogP contribution in [-0.2, 0) is 11.3 Å². The molecule has 1 saturated heterocycles. The third-order valence-electron chi connectivity index (χ3n) is 2.26. The van der Waals surface area contributed by atoms with Gasteiger partial charge < -0.3 is 15.2 Å². The van der Waals surface area contributed by atoms with E-state index in [1.165, 1.54) is 0 Å². The Kier molecular flexibility index (Phi) is 3.12. The summed E-state index contributed by atoms with van der Waals surface area (Å²) in [5.74, 6) is 0. The van der Waals surface area contributed by atoms with E-state index in [0.717, 1.165) is 35.3 Å². The molecule has 1 atom stereocenters. The van der Waals surface area contributed by atoms with E-state index in [9.17, 15) is 0 Å². The maximum atomic E-state index is 9.02. The van der Waals surface area contributed by atoms with Gasteiger partial charge in [0.05, 0.1) is 18.9 Å². The van der Waals surface area contributed by atoms with Crippen molar-refractivity contribution in [1.82, 2.24) is 10.3 Å². The first-order chi connectivity index (χ1) is 6.81. The Morgan fingerprint density at radius 1 is 1.71 bits per heavy atom. The highest BCUT2D eigenvalue weighted by atomic mass is 32.1. The van der Waals surface area contributed by atoms with Crippen molar-refractivity contribution in [3.63, 3.8) is 0 Å². The van der Waals surface area contributed by atoms with Gasteiger partial charge in [-0.05, 0) is 6.92 Å². The van der Waals surface area contributed by atoms with Crippen molar-refractivity contribution >= 4 is 11.3 Å². The second-order valence-electron chi connectivity index (χ2n) is 3.28. The first-order valence-electron chi connectivity index (χ1n) is 4.70. The molecule has 1 aliphatic heterocycles. The van der Waals surface area contributed by atoms with Gasteiger partial charge >= 0.3 is 0 Å². The number of aromatic nitrogens is 1. The smallest absolute Gasteiger partial charge is 0.123 e. The van der Waals surface area contributed by atoms with E-state index in [-0.39, 0.29) is 12.7 Å². The first-order valence-corrected chi connectivity index (χ1v) is 5.52. The summed E-state index contributed by atoms with van der Waals surface area (Å²) in [7, 11) is 0. The Morgan fingerprint density at radius 3 is 3.14 bits per heavy atom. The molecule has 0 spiro atoms. The first kappa shape index (κ1) is 10.0. The summed E-state index contributed by atoms with van der Waals surface area (Å²) in [6.07, 6.45) is 0.0627. The standard InChI is InChI=1S/C9H14N2O2S/c1-6-7(5-12)11-9(14-6)8-4-10-2-3-13-8/h8,10,12H,2-5H2,1H3. The Morgan fingerprint density at radius 2 is 2.57 bits per heavy atom. The topological polar surface area (TPSA) is 54.4 Å². The molecule has 0 saturated carbocycles. The van der Waals surface area contributed by atoms with Crippen LogP contribution in [0.5, 0.6) is 0 Å². The molecule has 1 aromatic rings. The fraction of sp³-hybridized carbons (Fsp3) is 0.667. The molecule has 1 fully saturated rings. The Hall–Kier alpha value is -0.490. The normalized spacial score (nSPS) is 22.6. The molecule has 1 aliphatic rings. The van der Waals surface area contributed by atoms with Gasteiger partial charge in [0, 0.05) is 18.0 Å². The van der Waals surface area contributed by atoms with Crippen LogP contribution in [0.2, 0.25) is 0 Å². The third-order valence-corrected chi connectivity index (χ3v) is 3.37. The maximum Gasteiger partial charge on any atom is 0.123 e. The van der Waals surface area contributed by atoms with Crippen LogP contribution in [0.1, 0.15) is 21.7 Å². The average molecular weight is 214 g/mol. The summed E-state index contributed by atoms with van der Waals surface area (Å²) < 4.78 is 5.58. The number of ether oxygens (including phenoxy) is 1. The number of hydrogen-bond donors (Lipinski definition) is 2. The van der Waals surface area contributed by atoms with Gasteiger partial charge in [0.1, 0.15) is 11.1 Å². The van der Waals surface area contributed by atoms with E-state index in [4.69, 9.17) is 9.84 Å². The summed E-state index contributed by atoms with van der Waals surface area (Å²) >= 11 is 1.61. The highest BCUT2D eigenvalue weighted by molar-refractivity contribution is 7.11. The molecule has 2 N–H and O–H groups in total. The molecular weight excluding hydrogens is 200 g/mol. The number of nitrogens with one attached hydrogen (secondary N) is 1. The number of thiazole rings is 1. The van der Waals surface area contributed by atoms with Crippen molar-refractivity contribution < 1.29 is 9.84 Å². The van der Waals surface area contributed by atoms with Crippen LogP contribution >= 0.6 is 11.3 Å². The molecule has 4 nitrogen and oxygen atoms in total. The van der Waals surface area contributed by atoms with E-state index >= 15 is 0 Å². The van der Waals surface area contributed by atoms with Crippen molar-refractivity contribution in [2.24, 2.45) is 0 Å². The minimum Gasteiger partial charge on any atom is -0.390 e. The molecule has 0 bridgehead atoms. The number of hydrogen-bond acceptors (Lipinski definition) is 5. The molecule has 1 unspecified atom stereocenters. The van der Waals surface area contributed by atoms with Crippen molar-refractivity contribution in [3.8, 4) is 0 Å². The molecule has 0 radical (unpaired) electrons. The van der Waals surface area contributed by atoms with Crippen LogP contribution in [0, 0.1) is 6.92 Å². The van der Waals surface area contributed by atoms with Crippen LogP contribution in [-0.4, -0.2) is 29.8 Å². The van der Waals surface area contributed by atoms with E-state index in [1.807, 2.05) is 6.92 Å². The largest absolute Gasteiger partial charge is 0.390 e. The van der Waals surface area contributed by atoms with Crippen LogP contribution in [0.25, 0.3) is 0 Å². The molecule has 5 heteroatoms. The van der Waals surface area contributed by atoms with E-state index in [2.05, 4.69) is 10.3 Å². The number of aliphatic hydroxyl groups is 1. The van der Waals surface area contributed by atoms with Crippen LogP contribution < -0.4 is 5.32 Å². The second kappa shape index (κ2) is 4.35. The molecule has 0 amide bonds. The van der Waals surface area contributed by atoms with Crippen molar-refractivity contribution in [3.05, 3.63) is 15.6 Å². The molecule has 14 heavy (non-hydrogen) atoms. The SMILES string of the molecule is Cc1sc(C2CNCCO2)nc1CO. The van der Waals surface area contributed by atoms with Gasteiger partial charge in [0.2, 0.25) is 0 Å². The minimum atomic E-state index is 0.0164. The molecule has 2 rings (SSSR count). The monoisotopic (exact) mass is 214 g/mol. The summed E-state index contributed by atoms with van der Waals surface area (Å²) in [6.45, 7) is 4.45. The Labute approximate surface area is 86.9 Å². The fourth-order valence-electron chi connectivity index (χ4n) is 1.46. The molecular formula is C9H14N2O2S. The molecule has 2 heterocycles. The predicted molar refractivity (Wildman–Crippen MR) is 54.3 cm³/mol. The zero-order valence-corrected chi connectivity index (χ0v) is 8.93. The number of morpholine rings is 1. The highest BCUT2D eigenvalue weighted by Crippen LogP contribution is 2.26. The Balaban J connectivity index is 2.14. The van der Waals surface area contributed by atoms with E-state index in [0.29, 0.717) is 0 Å². The molecule has 1 aromatic heterocycles. The number of nitrogens with zero attached hydrogens (tertiary/aromatic N) is 1. The minimum absolute atomic E-state index is 0.0164. The average Bonchev–Trinajstić information content (AvgIpc) is 2.61. The molecule has 0 aromatic carbocycles. The predicted octanol–water partition coefficient (Wildman–Crippen LogP) is 0.605. The van der Waals surface area contributed by atoms with Gasteiger partial charge in [0.25, 0.3) is 0 Å². The lowest BCUT2D eigenvalue weighted by Crippen LogP contribution is -2.33. The third kappa shape index (κ3) is 1.95. The fourth-order valence-corrected chi connectivity index (χ4v) is 2.44. The van der Waals surface area contributed by atoms with Crippen molar-refractivity contribution in [1.29, 1.82) is 0 Å². The van der Waals surface area contributed by atoms with Gasteiger partial charge in [-0.15, -0.1) is 11.3 Å². The van der Waals surface area contributed by atoms with E-state index in [1.54, 1.807) is 11.3 Å². The van der Waals surface area contributed by atoms with Gasteiger partial charge in [-0.25, -0.2) is 4.98 Å². The lowest BCUT2D eigenvalue weighted by molar-refractivity contribution is 0.0274. The summed E-state index contributed by atoms with van der Waals surface area (Å²) in [5.41, 5.74) is 0.777. The summed E-state index contributed by atoms with van der Waals surface area (Å²) in [6, 6.07) is 0. The van der Waals surface area contributed by atoms with E-state index < -0.39 is 0 Å². The lowest BCUT2D eigenvalue weighted by atomic mass is 10.3. The maximum absolute atomic E-state index is 9.02.